The van der Waals surface area contributed by atoms with Gasteiger partial charge in [0.25, 0.3) is 0 Å². The summed E-state index contributed by atoms with van der Waals surface area (Å²) in [6, 6.07) is 1.68. The van der Waals surface area contributed by atoms with Crippen molar-refractivity contribution in [2.45, 2.75) is 20.0 Å². The van der Waals surface area contributed by atoms with Crippen molar-refractivity contribution in [2.24, 2.45) is 5.92 Å². The monoisotopic (exact) mass is 210 g/mol. The lowest BCUT2D eigenvalue weighted by Crippen LogP contribution is -2.28. The molecule has 82 valence electrons. The first-order valence-electron chi connectivity index (χ1n) is 5.07. The van der Waals surface area contributed by atoms with Gasteiger partial charge in [-0.15, -0.1) is 0 Å². The zero-order valence-corrected chi connectivity index (χ0v) is 8.68. The lowest BCUT2D eigenvalue weighted by Gasteiger charge is -2.14. The smallest absolute Gasteiger partial charge is 0.410 e. The van der Waals surface area contributed by atoms with E-state index in [0.717, 1.165) is 19.5 Å². The molecule has 2 heterocycles. The quantitative estimate of drug-likeness (QED) is 0.744. The summed E-state index contributed by atoms with van der Waals surface area (Å²) >= 11 is 0. The Kier molecular flexibility index (Phi) is 2.89. The third-order valence-corrected chi connectivity index (χ3v) is 2.51. The van der Waals surface area contributed by atoms with Gasteiger partial charge in [-0.05, 0) is 12.3 Å². The van der Waals surface area contributed by atoms with Crippen molar-refractivity contribution in [3.05, 3.63) is 18.0 Å². The van der Waals surface area contributed by atoms with Crippen LogP contribution in [-0.4, -0.2) is 29.2 Å². The third-order valence-electron chi connectivity index (χ3n) is 2.51. The van der Waals surface area contributed by atoms with Gasteiger partial charge in [0, 0.05) is 19.2 Å². The number of nitrogens with zero attached hydrogens (tertiary/aromatic N) is 2. The van der Waals surface area contributed by atoms with Crippen molar-refractivity contribution < 1.29 is 14.1 Å². The number of ether oxygens (including phenoxy) is 1. The number of amides is 1. The number of rotatable bonds is 2. The minimum atomic E-state index is -0.268. The maximum atomic E-state index is 11.5. The number of carbonyl (C=O) groups is 1. The highest BCUT2D eigenvalue weighted by atomic mass is 16.6. The molecule has 1 aromatic rings. The van der Waals surface area contributed by atoms with Crippen LogP contribution in [0.1, 0.15) is 19.1 Å². The van der Waals surface area contributed by atoms with Crippen molar-refractivity contribution >= 4 is 6.09 Å². The second kappa shape index (κ2) is 4.33. The fourth-order valence-electron chi connectivity index (χ4n) is 1.64. The first kappa shape index (κ1) is 10.0. The molecule has 0 saturated carbocycles. The van der Waals surface area contributed by atoms with Gasteiger partial charge in [-0.25, -0.2) is 4.79 Å². The Morgan fingerprint density at radius 3 is 3.27 bits per heavy atom. The molecule has 1 aliphatic rings. The molecule has 0 spiro atoms. The molecule has 2 rings (SSSR count). The molecule has 0 radical (unpaired) electrons. The van der Waals surface area contributed by atoms with E-state index in [1.54, 1.807) is 11.0 Å². The Hall–Kier alpha value is -1.52. The Morgan fingerprint density at radius 2 is 2.67 bits per heavy atom. The highest BCUT2D eigenvalue weighted by Crippen LogP contribution is 2.16. The predicted molar refractivity (Wildman–Crippen MR) is 52.0 cm³/mol. The van der Waals surface area contributed by atoms with E-state index in [0.29, 0.717) is 11.7 Å². The molecule has 1 aliphatic heterocycles. The van der Waals surface area contributed by atoms with Crippen molar-refractivity contribution in [1.82, 2.24) is 10.1 Å². The van der Waals surface area contributed by atoms with Gasteiger partial charge in [0.2, 0.25) is 0 Å². The lowest BCUT2D eigenvalue weighted by atomic mass is 10.2. The van der Waals surface area contributed by atoms with Crippen LogP contribution in [0.2, 0.25) is 0 Å². The van der Waals surface area contributed by atoms with Gasteiger partial charge in [0.05, 0.1) is 6.20 Å². The largest absolute Gasteiger partial charge is 0.441 e. The van der Waals surface area contributed by atoms with Gasteiger partial charge in [0.15, 0.2) is 12.4 Å². The maximum Gasteiger partial charge on any atom is 0.410 e. The van der Waals surface area contributed by atoms with Crippen LogP contribution in [-0.2, 0) is 11.3 Å². The standard InChI is InChI=1S/C10H14N2O3/c1-8-3-5-12(6-8)10(13)14-7-9-2-4-11-15-9/h2,4,8H,3,5-7H2,1H3. The highest BCUT2D eigenvalue weighted by molar-refractivity contribution is 5.67. The Morgan fingerprint density at radius 1 is 1.80 bits per heavy atom. The van der Waals surface area contributed by atoms with Crippen LogP contribution < -0.4 is 0 Å². The summed E-state index contributed by atoms with van der Waals surface area (Å²) in [6.07, 6.45) is 2.31. The van der Waals surface area contributed by atoms with Crippen LogP contribution in [0.5, 0.6) is 0 Å². The fourth-order valence-corrected chi connectivity index (χ4v) is 1.64. The fraction of sp³-hybridized carbons (Fsp3) is 0.600. The summed E-state index contributed by atoms with van der Waals surface area (Å²) in [4.78, 5) is 13.3. The SMILES string of the molecule is CC1CCN(C(=O)OCc2ccno2)C1. The molecule has 1 fully saturated rings. The molecule has 0 N–H and O–H groups in total. The molecule has 1 aromatic heterocycles. The molecule has 1 unspecified atom stereocenters. The Bertz CT molecular complexity index is 323. The second-order valence-electron chi connectivity index (χ2n) is 3.87. The first-order chi connectivity index (χ1) is 7.25. The maximum absolute atomic E-state index is 11.5. The molecular formula is C10H14N2O3. The summed E-state index contributed by atoms with van der Waals surface area (Å²) in [5.41, 5.74) is 0. The molecule has 5 heteroatoms. The lowest BCUT2D eigenvalue weighted by molar-refractivity contribution is 0.0942. The molecular weight excluding hydrogens is 196 g/mol. The average Bonchev–Trinajstić information content (AvgIpc) is 2.84. The zero-order valence-electron chi connectivity index (χ0n) is 8.68. The summed E-state index contributed by atoms with van der Waals surface area (Å²) in [5, 5.41) is 3.53. The van der Waals surface area contributed by atoms with Gasteiger partial charge in [-0.2, -0.15) is 0 Å². The van der Waals surface area contributed by atoms with Crippen molar-refractivity contribution in [3.63, 3.8) is 0 Å². The Balaban J connectivity index is 1.78. The van der Waals surface area contributed by atoms with Crippen molar-refractivity contribution in [1.29, 1.82) is 0 Å². The van der Waals surface area contributed by atoms with Crippen LogP contribution in [0.15, 0.2) is 16.8 Å². The van der Waals surface area contributed by atoms with Gasteiger partial charge in [-0.1, -0.05) is 12.1 Å². The van der Waals surface area contributed by atoms with Gasteiger partial charge in [0.1, 0.15) is 0 Å². The molecule has 1 amide bonds. The topological polar surface area (TPSA) is 55.6 Å². The van der Waals surface area contributed by atoms with E-state index < -0.39 is 0 Å². The molecule has 1 atom stereocenters. The zero-order chi connectivity index (χ0) is 10.7. The highest BCUT2D eigenvalue weighted by Gasteiger charge is 2.24. The normalized spacial score (nSPS) is 20.6. The van der Waals surface area contributed by atoms with Gasteiger partial charge >= 0.3 is 6.09 Å². The minimum Gasteiger partial charge on any atom is -0.441 e. The molecule has 15 heavy (non-hydrogen) atoms. The van der Waals surface area contributed by atoms with Crippen LogP contribution in [0.25, 0.3) is 0 Å². The van der Waals surface area contributed by atoms with E-state index >= 15 is 0 Å². The Labute approximate surface area is 88.0 Å². The number of likely N-dealkylation sites (tertiary alicyclic amines) is 1. The van der Waals surface area contributed by atoms with E-state index in [4.69, 9.17) is 9.26 Å². The predicted octanol–water partition coefficient (Wildman–Crippen LogP) is 1.65. The van der Waals surface area contributed by atoms with E-state index in [1.165, 1.54) is 6.20 Å². The van der Waals surface area contributed by atoms with E-state index in [-0.39, 0.29) is 12.7 Å². The molecule has 0 bridgehead atoms. The molecule has 1 saturated heterocycles. The van der Waals surface area contributed by atoms with Gasteiger partial charge in [-0.3, -0.25) is 0 Å². The summed E-state index contributed by atoms with van der Waals surface area (Å²) < 4.78 is 9.89. The van der Waals surface area contributed by atoms with E-state index in [2.05, 4.69) is 12.1 Å². The number of hydrogen-bond acceptors (Lipinski definition) is 4. The number of carbonyl (C=O) groups excluding carboxylic acids is 1. The van der Waals surface area contributed by atoms with Crippen molar-refractivity contribution in [3.8, 4) is 0 Å². The molecule has 0 aromatic carbocycles. The minimum absolute atomic E-state index is 0.156. The van der Waals surface area contributed by atoms with Crippen LogP contribution in [0.3, 0.4) is 0 Å². The summed E-state index contributed by atoms with van der Waals surface area (Å²) in [6.45, 7) is 3.86. The van der Waals surface area contributed by atoms with Crippen LogP contribution >= 0.6 is 0 Å². The van der Waals surface area contributed by atoms with Crippen LogP contribution in [0, 0.1) is 5.92 Å². The number of hydrogen-bond donors (Lipinski definition) is 0. The third kappa shape index (κ3) is 2.49. The van der Waals surface area contributed by atoms with Crippen molar-refractivity contribution in [2.75, 3.05) is 13.1 Å². The summed E-state index contributed by atoms with van der Waals surface area (Å²) in [5.74, 6) is 1.14. The first-order valence-corrected chi connectivity index (χ1v) is 5.07. The summed E-state index contributed by atoms with van der Waals surface area (Å²) in [7, 11) is 0. The van der Waals surface area contributed by atoms with E-state index in [9.17, 15) is 4.79 Å². The second-order valence-corrected chi connectivity index (χ2v) is 3.87. The molecule has 5 nitrogen and oxygen atoms in total. The number of aromatic nitrogens is 1. The van der Waals surface area contributed by atoms with E-state index in [1.807, 2.05) is 0 Å². The van der Waals surface area contributed by atoms with Gasteiger partial charge < -0.3 is 14.2 Å². The van der Waals surface area contributed by atoms with Crippen LogP contribution in [0.4, 0.5) is 4.79 Å². The molecule has 0 aliphatic carbocycles. The average molecular weight is 210 g/mol.